The average Bonchev–Trinajstić information content (AvgIpc) is 2.94. The van der Waals surface area contributed by atoms with Crippen molar-refractivity contribution in [1.29, 1.82) is 5.26 Å². The molecular weight excluding hydrogens is 386 g/mol. The van der Waals surface area contributed by atoms with Gasteiger partial charge in [0.25, 0.3) is 5.91 Å². The molecule has 0 saturated carbocycles. The molecule has 1 aromatic carbocycles. The predicted octanol–water partition coefficient (Wildman–Crippen LogP) is 3.86. The Morgan fingerprint density at radius 3 is 2.70 bits per heavy atom. The summed E-state index contributed by atoms with van der Waals surface area (Å²) in [6.07, 6.45) is 0. The second-order valence-electron chi connectivity index (χ2n) is 5.89. The van der Waals surface area contributed by atoms with Crippen molar-refractivity contribution in [1.82, 2.24) is 4.98 Å². The Balaban J connectivity index is 2.08. The molecule has 0 unspecified atom stereocenters. The van der Waals surface area contributed by atoms with Crippen molar-refractivity contribution in [3.05, 3.63) is 38.7 Å². The molecule has 2 heterocycles. The summed E-state index contributed by atoms with van der Waals surface area (Å²) >= 11 is 7.22. The Morgan fingerprint density at radius 1 is 1.37 bits per heavy atom. The number of aryl methyl sites for hydroxylation is 2. The van der Waals surface area contributed by atoms with Gasteiger partial charge in [-0.2, -0.15) is 5.26 Å². The number of fused-ring (bicyclic) bond motifs is 1. The Bertz CT molecular complexity index is 1130. The second kappa shape index (κ2) is 6.95. The van der Waals surface area contributed by atoms with Crippen LogP contribution in [0.25, 0.3) is 10.2 Å². The number of nitriles is 1. The van der Waals surface area contributed by atoms with Crippen LogP contribution in [0, 0.1) is 25.2 Å². The Hall–Kier alpha value is -3.02. The molecule has 0 atom stereocenters. The third-order valence-electron chi connectivity index (χ3n) is 4.20. The second-order valence-corrected chi connectivity index (χ2v) is 7.30. The lowest BCUT2D eigenvalue weighted by molar-refractivity contribution is 0.103. The standard InChI is InChI=1S/C18H16ClN5O2S/c1-7-4-11(12(26-3)5-10(7)19)23-17(25)15-14(21)13-8(2)9(6-20)16(22)24-18(13)27-15/h4-5H,21H2,1-3H3,(H2,22,24)(H,23,25). The lowest BCUT2D eigenvalue weighted by atomic mass is 10.1. The van der Waals surface area contributed by atoms with E-state index in [2.05, 4.69) is 10.3 Å². The molecule has 138 valence electrons. The summed E-state index contributed by atoms with van der Waals surface area (Å²) in [5.74, 6) is 0.140. The molecule has 3 aromatic rings. The van der Waals surface area contributed by atoms with Crippen molar-refractivity contribution in [3.63, 3.8) is 0 Å². The maximum atomic E-state index is 12.8. The van der Waals surface area contributed by atoms with Gasteiger partial charge in [-0.3, -0.25) is 4.79 Å². The number of thiophene rings is 1. The molecule has 9 heteroatoms. The Labute approximate surface area is 164 Å². The normalized spacial score (nSPS) is 10.6. The summed E-state index contributed by atoms with van der Waals surface area (Å²) in [7, 11) is 1.49. The fourth-order valence-electron chi connectivity index (χ4n) is 2.77. The van der Waals surface area contributed by atoms with Crippen molar-refractivity contribution < 1.29 is 9.53 Å². The van der Waals surface area contributed by atoms with E-state index in [1.807, 2.05) is 13.0 Å². The summed E-state index contributed by atoms with van der Waals surface area (Å²) in [6, 6.07) is 5.37. The number of rotatable bonds is 3. The molecule has 0 bridgehead atoms. The molecule has 3 rings (SSSR count). The first kappa shape index (κ1) is 18.8. The van der Waals surface area contributed by atoms with Gasteiger partial charge in [0, 0.05) is 16.5 Å². The van der Waals surface area contributed by atoms with Crippen LogP contribution >= 0.6 is 22.9 Å². The first-order valence-electron chi connectivity index (χ1n) is 7.82. The molecule has 0 fully saturated rings. The summed E-state index contributed by atoms with van der Waals surface area (Å²) in [4.78, 5) is 17.8. The monoisotopic (exact) mass is 401 g/mol. The molecular formula is C18H16ClN5O2S. The number of ether oxygens (including phenoxy) is 1. The van der Waals surface area contributed by atoms with Crippen molar-refractivity contribution >= 4 is 56.3 Å². The van der Waals surface area contributed by atoms with Crippen molar-refractivity contribution in [2.24, 2.45) is 0 Å². The number of carbonyl (C=O) groups excluding carboxylic acids is 1. The number of carbonyl (C=O) groups is 1. The van der Waals surface area contributed by atoms with Crippen LogP contribution in [-0.2, 0) is 0 Å². The molecule has 5 N–H and O–H groups in total. The highest BCUT2D eigenvalue weighted by Gasteiger charge is 2.22. The minimum atomic E-state index is -0.410. The molecule has 0 aliphatic rings. The highest BCUT2D eigenvalue weighted by Crippen LogP contribution is 2.38. The fraction of sp³-hybridized carbons (Fsp3) is 0.167. The molecule has 0 spiro atoms. The summed E-state index contributed by atoms with van der Waals surface area (Å²) in [6.45, 7) is 3.56. The van der Waals surface area contributed by atoms with Gasteiger partial charge in [0.2, 0.25) is 0 Å². The van der Waals surface area contributed by atoms with Gasteiger partial charge in [-0.25, -0.2) is 4.98 Å². The van der Waals surface area contributed by atoms with E-state index in [-0.39, 0.29) is 21.9 Å². The molecule has 27 heavy (non-hydrogen) atoms. The summed E-state index contributed by atoms with van der Waals surface area (Å²) < 4.78 is 5.28. The van der Waals surface area contributed by atoms with Crippen LogP contribution in [0.4, 0.5) is 17.2 Å². The number of nitrogens with zero attached hydrogens (tertiary/aromatic N) is 2. The number of methoxy groups -OCH3 is 1. The number of amides is 1. The number of nitrogens with one attached hydrogen (secondary N) is 1. The van der Waals surface area contributed by atoms with E-state index in [1.165, 1.54) is 7.11 Å². The fourth-order valence-corrected chi connectivity index (χ4v) is 3.99. The quantitative estimate of drug-likeness (QED) is 0.611. The van der Waals surface area contributed by atoms with Gasteiger partial charge in [0.15, 0.2) is 0 Å². The lowest BCUT2D eigenvalue weighted by Crippen LogP contribution is -2.13. The number of halogens is 1. The van der Waals surface area contributed by atoms with Gasteiger partial charge in [-0.05, 0) is 31.0 Å². The molecule has 7 nitrogen and oxygen atoms in total. The predicted molar refractivity (Wildman–Crippen MR) is 109 cm³/mol. The number of nitrogens with two attached hydrogens (primary N) is 2. The van der Waals surface area contributed by atoms with Crippen molar-refractivity contribution in [2.45, 2.75) is 13.8 Å². The molecule has 0 radical (unpaired) electrons. The molecule has 1 amide bonds. The molecule has 0 aliphatic heterocycles. The van der Waals surface area contributed by atoms with E-state index < -0.39 is 5.91 Å². The van der Waals surface area contributed by atoms with E-state index in [4.69, 9.17) is 27.8 Å². The van der Waals surface area contributed by atoms with Gasteiger partial charge in [-0.1, -0.05) is 11.6 Å². The number of hydrogen-bond acceptors (Lipinski definition) is 7. The number of hydrogen-bond donors (Lipinski definition) is 3. The SMILES string of the molecule is COc1cc(Cl)c(C)cc1NC(=O)c1sc2nc(N)c(C#N)c(C)c2c1N. The van der Waals surface area contributed by atoms with Gasteiger partial charge in [-0.15, -0.1) is 11.3 Å². The van der Waals surface area contributed by atoms with Crippen LogP contribution in [0.1, 0.15) is 26.4 Å². The van der Waals surface area contributed by atoms with E-state index in [9.17, 15) is 10.1 Å². The van der Waals surface area contributed by atoms with Gasteiger partial charge in [0.05, 0.1) is 24.0 Å². The first-order chi connectivity index (χ1) is 12.8. The van der Waals surface area contributed by atoms with Crippen LogP contribution in [-0.4, -0.2) is 18.0 Å². The van der Waals surface area contributed by atoms with Gasteiger partial charge in [0.1, 0.15) is 27.3 Å². The number of pyridine rings is 1. The Kier molecular flexibility index (Phi) is 4.83. The minimum Gasteiger partial charge on any atom is -0.495 e. The highest BCUT2D eigenvalue weighted by atomic mass is 35.5. The molecule has 0 saturated heterocycles. The van der Waals surface area contributed by atoms with E-state index in [0.29, 0.717) is 32.2 Å². The zero-order valence-electron chi connectivity index (χ0n) is 14.8. The number of aromatic nitrogens is 1. The van der Waals surface area contributed by atoms with E-state index in [0.717, 1.165) is 16.9 Å². The number of anilines is 3. The van der Waals surface area contributed by atoms with Crippen LogP contribution in [0.2, 0.25) is 5.02 Å². The number of nitrogen functional groups attached to an aromatic ring is 2. The zero-order chi connectivity index (χ0) is 19.9. The maximum Gasteiger partial charge on any atom is 0.268 e. The third kappa shape index (κ3) is 3.12. The zero-order valence-corrected chi connectivity index (χ0v) is 16.4. The largest absolute Gasteiger partial charge is 0.495 e. The first-order valence-corrected chi connectivity index (χ1v) is 9.01. The van der Waals surface area contributed by atoms with Crippen molar-refractivity contribution in [3.8, 4) is 11.8 Å². The molecule has 0 aliphatic carbocycles. The van der Waals surface area contributed by atoms with Crippen molar-refractivity contribution in [2.75, 3.05) is 23.9 Å². The van der Waals surface area contributed by atoms with E-state index >= 15 is 0 Å². The molecule has 2 aromatic heterocycles. The van der Waals surface area contributed by atoms with Crippen LogP contribution < -0.4 is 21.5 Å². The lowest BCUT2D eigenvalue weighted by Gasteiger charge is -2.12. The summed E-state index contributed by atoms with van der Waals surface area (Å²) in [5.41, 5.74) is 14.4. The highest BCUT2D eigenvalue weighted by molar-refractivity contribution is 7.21. The smallest absolute Gasteiger partial charge is 0.268 e. The minimum absolute atomic E-state index is 0.116. The van der Waals surface area contributed by atoms with E-state index in [1.54, 1.807) is 19.1 Å². The summed E-state index contributed by atoms with van der Waals surface area (Å²) in [5, 5.41) is 13.1. The van der Waals surface area contributed by atoms with Gasteiger partial charge < -0.3 is 21.5 Å². The van der Waals surface area contributed by atoms with Crippen LogP contribution in [0.15, 0.2) is 12.1 Å². The Morgan fingerprint density at radius 2 is 2.07 bits per heavy atom. The topological polar surface area (TPSA) is 127 Å². The third-order valence-corrected chi connectivity index (χ3v) is 5.71. The van der Waals surface area contributed by atoms with Gasteiger partial charge >= 0.3 is 0 Å². The van der Waals surface area contributed by atoms with Crippen LogP contribution in [0.3, 0.4) is 0 Å². The maximum absolute atomic E-state index is 12.8. The number of benzene rings is 1. The average molecular weight is 402 g/mol. The van der Waals surface area contributed by atoms with Crippen LogP contribution in [0.5, 0.6) is 5.75 Å².